The first-order chi connectivity index (χ1) is 6.65. The molecule has 0 aromatic carbocycles. The van der Waals surface area contributed by atoms with Crippen LogP contribution in [-0.2, 0) is 0 Å². The zero-order valence-electron chi connectivity index (χ0n) is 9.79. The van der Waals surface area contributed by atoms with Gasteiger partial charge in [-0.15, -0.1) is 0 Å². The largest absolute Gasteiger partial charge is 0.395 e. The predicted molar refractivity (Wildman–Crippen MR) is 60.3 cm³/mol. The first-order valence-corrected chi connectivity index (χ1v) is 6.02. The fourth-order valence-electron chi connectivity index (χ4n) is 2.72. The van der Waals surface area contributed by atoms with Crippen molar-refractivity contribution in [3.63, 3.8) is 0 Å². The van der Waals surface area contributed by atoms with E-state index in [4.69, 9.17) is 5.11 Å². The lowest BCUT2D eigenvalue weighted by atomic mass is 9.80. The summed E-state index contributed by atoms with van der Waals surface area (Å²) in [6.07, 6.45) is 4.95. The molecule has 0 heterocycles. The van der Waals surface area contributed by atoms with Crippen LogP contribution in [0.1, 0.15) is 46.5 Å². The van der Waals surface area contributed by atoms with Gasteiger partial charge < -0.3 is 10.4 Å². The van der Waals surface area contributed by atoms with Gasteiger partial charge in [-0.2, -0.15) is 0 Å². The molecule has 1 aliphatic rings. The molecule has 0 radical (unpaired) electrons. The molecule has 1 aliphatic carbocycles. The molecule has 0 aromatic heterocycles. The van der Waals surface area contributed by atoms with Crippen LogP contribution in [0.3, 0.4) is 0 Å². The van der Waals surface area contributed by atoms with Crippen LogP contribution < -0.4 is 5.32 Å². The summed E-state index contributed by atoms with van der Waals surface area (Å²) < 4.78 is 0. The maximum atomic E-state index is 9.13. The molecular weight excluding hydrogens is 174 g/mol. The van der Waals surface area contributed by atoms with Gasteiger partial charge in [0.2, 0.25) is 0 Å². The average molecular weight is 199 g/mol. The molecule has 14 heavy (non-hydrogen) atoms. The zero-order valence-corrected chi connectivity index (χ0v) is 9.79. The molecule has 0 aromatic rings. The Hall–Kier alpha value is -0.0800. The summed E-state index contributed by atoms with van der Waals surface area (Å²) in [6.45, 7) is 7.08. The van der Waals surface area contributed by atoms with E-state index in [1.807, 2.05) is 0 Å². The quantitative estimate of drug-likeness (QED) is 0.727. The van der Waals surface area contributed by atoms with Gasteiger partial charge in [0.05, 0.1) is 6.61 Å². The standard InChI is InChI=1S/C12H25NO/c1-4-11(8-14)13-12-6-9(2)5-10(3)7-12/h9-14H,4-8H2,1-3H3/t9?,10?,11-,12?/m0/s1. The molecule has 1 saturated carbocycles. The van der Waals surface area contributed by atoms with Crippen molar-refractivity contribution in [3.05, 3.63) is 0 Å². The number of aliphatic hydroxyl groups is 1. The van der Waals surface area contributed by atoms with Crippen molar-refractivity contribution in [1.29, 1.82) is 0 Å². The number of hydrogen-bond acceptors (Lipinski definition) is 2. The lowest BCUT2D eigenvalue weighted by Gasteiger charge is -2.34. The fourth-order valence-corrected chi connectivity index (χ4v) is 2.72. The van der Waals surface area contributed by atoms with Crippen LogP contribution in [0.5, 0.6) is 0 Å². The Kier molecular flexibility index (Phi) is 4.90. The van der Waals surface area contributed by atoms with Gasteiger partial charge in [0, 0.05) is 12.1 Å². The molecule has 2 heteroatoms. The molecule has 1 fully saturated rings. The summed E-state index contributed by atoms with van der Waals surface area (Å²) in [7, 11) is 0. The first kappa shape index (κ1) is 12.0. The second kappa shape index (κ2) is 5.72. The predicted octanol–water partition coefficient (Wildman–Crippen LogP) is 2.17. The van der Waals surface area contributed by atoms with E-state index < -0.39 is 0 Å². The van der Waals surface area contributed by atoms with Crippen molar-refractivity contribution in [2.75, 3.05) is 6.61 Å². The van der Waals surface area contributed by atoms with Gasteiger partial charge in [-0.25, -0.2) is 0 Å². The van der Waals surface area contributed by atoms with E-state index in [0.29, 0.717) is 12.1 Å². The smallest absolute Gasteiger partial charge is 0.0584 e. The third-order valence-corrected chi connectivity index (χ3v) is 3.36. The highest BCUT2D eigenvalue weighted by molar-refractivity contribution is 4.81. The number of nitrogens with one attached hydrogen (secondary N) is 1. The maximum absolute atomic E-state index is 9.13. The van der Waals surface area contributed by atoms with Gasteiger partial charge in [0.1, 0.15) is 0 Å². The molecule has 0 spiro atoms. The summed E-state index contributed by atoms with van der Waals surface area (Å²) in [5.74, 6) is 1.68. The molecule has 0 amide bonds. The molecule has 0 aliphatic heterocycles. The molecule has 0 saturated heterocycles. The second-order valence-electron chi connectivity index (χ2n) is 5.07. The van der Waals surface area contributed by atoms with E-state index in [0.717, 1.165) is 18.3 Å². The van der Waals surface area contributed by atoms with Crippen LogP contribution in [0.4, 0.5) is 0 Å². The Balaban J connectivity index is 2.35. The molecule has 2 unspecified atom stereocenters. The lowest BCUT2D eigenvalue weighted by molar-refractivity contribution is 0.184. The minimum Gasteiger partial charge on any atom is -0.395 e. The Bertz CT molecular complexity index is 146. The van der Waals surface area contributed by atoms with Crippen molar-refractivity contribution in [2.45, 2.75) is 58.5 Å². The van der Waals surface area contributed by atoms with Gasteiger partial charge in [-0.05, 0) is 37.5 Å². The van der Waals surface area contributed by atoms with Crippen LogP contribution in [-0.4, -0.2) is 23.8 Å². The molecule has 0 bridgehead atoms. The molecular formula is C12H25NO. The van der Waals surface area contributed by atoms with Crippen LogP contribution in [0.15, 0.2) is 0 Å². The lowest BCUT2D eigenvalue weighted by Crippen LogP contribution is -2.43. The highest BCUT2D eigenvalue weighted by atomic mass is 16.3. The molecule has 2 N–H and O–H groups in total. The number of hydrogen-bond donors (Lipinski definition) is 2. The van der Waals surface area contributed by atoms with Gasteiger partial charge in [-0.3, -0.25) is 0 Å². The van der Waals surface area contributed by atoms with Crippen molar-refractivity contribution in [3.8, 4) is 0 Å². The minimum absolute atomic E-state index is 0.274. The summed E-state index contributed by atoms with van der Waals surface area (Å²) in [5.41, 5.74) is 0. The van der Waals surface area contributed by atoms with Gasteiger partial charge in [0.15, 0.2) is 0 Å². The summed E-state index contributed by atoms with van der Waals surface area (Å²) in [4.78, 5) is 0. The normalized spacial score (nSPS) is 35.6. The highest BCUT2D eigenvalue weighted by Gasteiger charge is 2.24. The fraction of sp³-hybridized carbons (Fsp3) is 1.00. The minimum atomic E-state index is 0.274. The zero-order chi connectivity index (χ0) is 10.6. The molecule has 84 valence electrons. The van der Waals surface area contributed by atoms with E-state index >= 15 is 0 Å². The van der Waals surface area contributed by atoms with Crippen molar-refractivity contribution < 1.29 is 5.11 Å². The molecule has 3 atom stereocenters. The highest BCUT2D eigenvalue weighted by Crippen LogP contribution is 2.28. The summed E-state index contributed by atoms with van der Waals surface area (Å²) >= 11 is 0. The Morgan fingerprint density at radius 1 is 1.21 bits per heavy atom. The van der Waals surface area contributed by atoms with E-state index in [1.54, 1.807) is 0 Å². The van der Waals surface area contributed by atoms with Crippen LogP contribution in [0.2, 0.25) is 0 Å². The average Bonchev–Trinajstić information content (AvgIpc) is 2.12. The SMILES string of the molecule is CC[C@@H](CO)NC1CC(C)CC(C)C1. The van der Waals surface area contributed by atoms with E-state index in [-0.39, 0.29) is 6.61 Å². The van der Waals surface area contributed by atoms with Crippen molar-refractivity contribution in [2.24, 2.45) is 11.8 Å². The Morgan fingerprint density at radius 3 is 2.21 bits per heavy atom. The Labute approximate surface area is 88.1 Å². The molecule has 1 rings (SSSR count). The van der Waals surface area contributed by atoms with Crippen molar-refractivity contribution >= 4 is 0 Å². The third kappa shape index (κ3) is 3.58. The van der Waals surface area contributed by atoms with Gasteiger partial charge in [-0.1, -0.05) is 20.8 Å². The van der Waals surface area contributed by atoms with Gasteiger partial charge >= 0.3 is 0 Å². The van der Waals surface area contributed by atoms with E-state index in [2.05, 4.69) is 26.1 Å². The second-order valence-corrected chi connectivity index (χ2v) is 5.07. The Morgan fingerprint density at radius 2 is 1.79 bits per heavy atom. The van der Waals surface area contributed by atoms with Crippen LogP contribution >= 0.6 is 0 Å². The summed E-state index contributed by atoms with van der Waals surface area (Å²) in [6, 6.07) is 0.934. The monoisotopic (exact) mass is 199 g/mol. The maximum Gasteiger partial charge on any atom is 0.0584 e. The van der Waals surface area contributed by atoms with E-state index in [9.17, 15) is 0 Å². The topological polar surface area (TPSA) is 32.3 Å². The number of aliphatic hydroxyl groups excluding tert-OH is 1. The molecule has 2 nitrogen and oxygen atoms in total. The number of rotatable bonds is 4. The first-order valence-electron chi connectivity index (χ1n) is 6.02. The van der Waals surface area contributed by atoms with E-state index in [1.165, 1.54) is 19.3 Å². The van der Waals surface area contributed by atoms with Crippen LogP contribution in [0.25, 0.3) is 0 Å². The summed E-state index contributed by atoms with van der Waals surface area (Å²) in [5, 5.41) is 12.7. The van der Waals surface area contributed by atoms with Crippen LogP contribution in [0, 0.1) is 11.8 Å². The van der Waals surface area contributed by atoms with Crippen molar-refractivity contribution in [1.82, 2.24) is 5.32 Å². The third-order valence-electron chi connectivity index (χ3n) is 3.36. The van der Waals surface area contributed by atoms with Gasteiger partial charge in [0.25, 0.3) is 0 Å².